The summed E-state index contributed by atoms with van der Waals surface area (Å²) in [4.78, 5) is 43.3. The lowest BCUT2D eigenvalue weighted by Crippen LogP contribution is -2.31. The maximum Gasteiger partial charge on any atom is 0.261 e. The molecular weight excluding hydrogens is 406 g/mol. The second-order valence-corrected chi connectivity index (χ2v) is 8.33. The van der Waals surface area contributed by atoms with E-state index >= 15 is 0 Å². The lowest BCUT2D eigenvalue weighted by Gasteiger charge is -2.15. The lowest BCUT2D eigenvalue weighted by atomic mass is 10.0. The van der Waals surface area contributed by atoms with Gasteiger partial charge in [0.25, 0.3) is 17.7 Å². The van der Waals surface area contributed by atoms with Gasteiger partial charge in [-0.15, -0.1) is 0 Å². The van der Waals surface area contributed by atoms with Crippen molar-refractivity contribution in [1.82, 2.24) is 25.0 Å². The molecular formula is C24H25N5O3. The van der Waals surface area contributed by atoms with Crippen LogP contribution >= 0.6 is 0 Å². The molecule has 1 N–H and O–H groups in total. The number of benzene rings is 2. The van der Waals surface area contributed by atoms with E-state index in [1.54, 1.807) is 23.1 Å². The molecule has 8 heteroatoms. The van der Waals surface area contributed by atoms with Gasteiger partial charge in [0, 0.05) is 12.1 Å². The Morgan fingerprint density at radius 1 is 1.00 bits per heavy atom. The van der Waals surface area contributed by atoms with Crippen LogP contribution in [-0.2, 0) is 0 Å². The highest BCUT2D eigenvalue weighted by atomic mass is 16.2. The Balaban J connectivity index is 1.46. The monoisotopic (exact) mass is 431 g/mol. The quantitative estimate of drug-likeness (QED) is 0.578. The van der Waals surface area contributed by atoms with Crippen molar-refractivity contribution in [2.24, 2.45) is 5.92 Å². The van der Waals surface area contributed by atoms with Crippen molar-refractivity contribution in [3.05, 3.63) is 77.4 Å². The first-order valence-corrected chi connectivity index (χ1v) is 10.6. The number of hydrogen-bond acceptors (Lipinski definition) is 5. The van der Waals surface area contributed by atoms with Gasteiger partial charge in [-0.25, -0.2) is 9.67 Å². The summed E-state index contributed by atoms with van der Waals surface area (Å²) >= 11 is 0. The van der Waals surface area contributed by atoms with Crippen LogP contribution in [0.25, 0.3) is 5.69 Å². The molecule has 0 bridgehead atoms. The van der Waals surface area contributed by atoms with Crippen LogP contribution in [0.2, 0.25) is 0 Å². The van der Waals surface area contributed by atoms with E-state index in [1.807, 2.05) is 45.0 Å². The Hall–Kier alpha value is -3.81. The van der Waals surface area contributed by atoms with Gasteiger partial charge in [0.05, 0.1) is 22.9 Å². The summed E-state index contributed by atoms with van der Waals surface area (Å²) in [7, 11) is 0. The number of carbonyl (C=O) groups excluding carboxylic acids is 3. The average Bonchev–Trinajstić information content (AvgIpc) is 3.40. The smallest absolute Gasteiger partial charge is 0.261 e. The SMILES string of the molecule is CC(C)CCN1C(=O)c2ccc(C(=O)N[C@@H](C)c3ccc(-n4cncn4)cc3)cc2C1=O. The second-order valence-electron chi connectivity index (χ2n) is 8.33. The molecule has 0 spiro atoms. The highest BCUT2D eigenvalue weighted by Crippen LogP contribution is 2.25. The summed E-state index contributed by atoms with van der Waals surface area (Å²) in [5, 5.41) is 7.05. The number of rotatable bonds is 7. The van der Waals surface area contributed by atoms with Crippen molar-refractivity contribution in [2.45, 2.75) is 33.2 Å². The number of aromatic nitrogens is 3. The normalized spacial score (nSPS) is 14.1. The minimum absolute atomic E-state index is 0.250. The molecule has 164 valence electrons. The number of carbonyl (C=O) groups is 3. The number of hydrogen-bond donors (Lipinski definition) is 1. The fourth-order valence-electron chi connectivity index (χ4n) is 3.64. The summed E-state index contributed by atoms with van der Waals surface area (Å²) in [5.41, 5.74) is 2.79. The third-order valence-electron chi connectivity index (χ3n) is 5.59. The Bertz CT molecular complexity index is 1150. The summed E-state index contributed by atoms with van der Waals surface area (Å²) < 4.78 is 1.65. The zero-order chi connectivity index (χ0) is 22.8. The Morgan fingerprint density at radius 3 is 2.38 bits per heavy atom. The van der Waals surface area contributed by atoms with Gasteiger partial charge in [-0.05, 0) is 55.2 Å². The van der Waals surface area contributed by atoms with Gasteiger partial charge < -0.3 is 5.32 Å². The third-order valence-corrected chi connectivity index (χ3v) is 5.59. The fourth-order valence-corrected chi connectivity index (χ4v) is 3.64. The van der Waals surface area contributed by atoms with E-state index in [0.717, 1.165) is 17.7 Å². The van der Waals surface area contributed by atoms with E-state index in [2.05, 4.69) is 15.4 Å². The maximum absolute atomic E-state index is 12.8. The van der Waals surface area contributed by atoms with Crippen molar-refractivity contribution in [3.8, 4) is 5.69 Å². The molecule has 32 heavy (non-hydrogen) atoms. The van der Waals surface area contributed by atoms with Crippen LogP contribution < -0.4 is 5.32 Å². The van der Waals surface area contributed by atoms with Crippen molar-refractivity contribution in [3.63, 3.8) is 0 Å². The first-order valence-electron chi connectivity index (χ1n) is 10.6. The predicted octanol–water partition coefficient (Wildman–Crippen LogP) is 3.40. The topological polar surface area (TPSA) is 97.2 Å². The zero-order valence-corrected chi connectivity index (χ0v) is 18.3. The van der Waals surface area contributed by atoms with Gasteiger partial charge in [0.2, 0.25) is 0 Å². The molecule has 1 aliphatic rings. The van der Waals surface area contributed by atoms with E-state index in [9.17, 15) is 14.4 Å². The van der Waals surface area contributed by atoms with Crippen LogP contribution in [0.15, 0.2) is 55.1 Å². The number of nitrogens with zero attached hydrogens (tertiary/aromatic N) is 4. The molecule has 0 unspecified atom stereocenters. The molecule has 3 aromatic rings. The molecule has 0 radical (unpaired) electrons. The first-order chi connectivity index (χ1) is 15.3. The molecule has 8 nitrogen and oxygen atoms in total. The number of amides is 3. The molecule has 2 aromatic carbocycles. The molecule has 1 aromatic heterocycles. The second kappa shape index (κ2) is 8.74. The van der Waals surface area contributed by atoms with E-state index in [4.69, 9.17) is 0 Å². The van der Waals surface area contributed by atoms with E-state index in [0.29, 0.717) is 23.6 Å². The van der Waals surface area contributed by atoms with Gasteiger partial charge in [-0.1, -0.05) is 26.0 Å². The number of imide groups is 1. The summed E-state index contributed by atoms with van der Waals surface area (Å²) in [6, 6.07) is 12.1. The summed E-state index contributed by atoms with van der Waals surface area (Å²) in [6.07, 6.45) is 3.82. The zero-order valence-electron chi connectivity index (χ0n) is 18.3. The summed E-state index contributed by atoms with van der Waals surface area (Å²) in [5.74, 6) is -0.551. The molecule has 0 aliphatic carbocycles. The fraction of sp³-hybridized carbons (Fsp3) is 0.292. The first kappa shape index (κ1) is 21.4. The van der Waals surface area contributed by atoms with E-state index in [-0.39, 0.29) is 29.3 Å². The minimum atomic E-state index is -0.336. The average molecular weight is 431 g/mol. The molecule has 4 rings (SSSR count). The third kappa shape index (κ3) is 4.16. The molecule has 1 atom stereocenters. The van der Waals surface area contributed by atoms with Crippen LogP contribution in [0.5, 0.6) is 0 Å². The summed E-state index contributed by atoms with van der Waals surface area (Å²) in [6.45, 7) is 6.36. The Morgan fingerprint density at radius 2 is 1.72 bits per heavy atom. The standard InChI is InChI=1S/C24H25N5O3/c1-15(2)10-11-28-23(31)20-9-6-18(12-21(20)24(28)32)22(30)27-16(3)17-4-7-19(8-5-17)29-14-25-13-26-29/h4-9,12-16H,10-11H2,1-3H3,(H,27,30)/t16-/m0/s1. The maximum atomic E-state index is 12.8. The van der Waals surface area contributed by atoms with E-state index in [1.165, 1.54) is 17.3 Å². The molecule has 0 fully saturated rings. The van der Waals surface area contributed by atoms with Crippen LogP contribution in [0.3, 0.4) is 0 Å². The van der Waals surface area contributed by atoms with Crippen LogP contribution in [0.1, 0.15) is 69.9 Å². The highest BCUT2D eigenvalue weighted by molar-refractivity contribution is 6.22. The van der Waals surface area contributed by atoms with Gasteiger partial charge >= 0.3 is 0 Å². The van der Waals surface area contributed by atoms with Gasteiger partial charge in [-0.3, -0.25) is 19.3 Å². The van der Waals surface area contributed by atoms with Crippen molar-refractivity contribution < 1.29 is 14.4 Å². The van der Waals surface area contributed by atoms with Gasteiger partial charge in [0.1, 0.15) is 12.7 Å². The Kier molecular flexibility index (Phi) is 5.85. The molecule has 3 amide bonds. The largest absolute Gasteiger partial charge is 0.346 e. The predicted molar refractivity (Wildman–Crippen MR) is 119 cm³/mol. The molecule has 0 saturated heterocycles. The van der Waals surface area contributed by atoms with Crippen LogP contribution in [-0.4, -0.2) is 43.9 Å². The molecule has 1 aliphatic heterocycles. The van der Waals surface area contributed by atoms with Crippen molar-refractivity contribution in [2.75, 3.05) is 6.54 Å². The Labute approximate surface area is 186 Å². The van der Waals surface area contributed by atoms with E-state index < -0.39 is 0 Å². The van der Waals surface area contributed by atoms with Gasteiger partial charge in [0.15, 0.2) is 0 Å². The number of nitrogens with one attached hydrogen (secondary N) is 1. The molecule has 2 heterocycles. The van der Waals surface area contributed by atoms with Crippen LogP contribution in [0, 0.1) is 5.92 Å². The van der Waals surface area contributed by atoms with Crippen molar-refractivity contribution >= 4 is 17.7 Å². The lowest BCUT2D eigenvalue weighted by molar-refractivity contribution is 0.0647. The highest BCUT2D eigenvalue weighted by Gasteiger charge is 2.35. The minimum Gasteiger partial charge on any atom is -0.346 e. The van der Waals surface area contributed by atoms with Gasteiger partial charge in [-0.2, -0.15) is 5.10 Å². The number of fused-ring (bicyclic) bond motifs is 1. The molecule has 0 saturated carbocycles. The van der Waals surface area contributed by atoms with Crippen LogP contribution in [0.4, 0.5) is 0 Å². The van der Waals surface area contributed by atoms with Crippen molar-refractivity contribution in [1.29, 1.82) is 0 Å².